The molecule has 2 heterocycles. The Morgan fingerprint density at radius 3 is 2.82 bits per heavy atom. The number of ether oxygens (including phenoxy) is 1. The van der Waals surface area contributed by atoms with Crippen LogP contribution >= 0.6 is 11.6 Å². The molecule has 0 amide bonds. The van der Waals surface area contributed by atoms with E-state index in [1.807, 2.05) is 35.8 Å². The fraction of sp³-hybridized carbons (Fsp3) is 0.188. The van der Waals surface area contributed by atoms with Gasteiger partial charge < -0.3 is 9.30 Å². The van der Waals surface area contributed by atoms with Gasteiger partial charge in [0.15, 0.2) is 0 Å². The average Bonchev–Trinajstić information content (AvgIpc) is 2.92. The van der Waals surface area contributed by atoms with Crippen molar-refractivity contribution >= 4 is 11.6 Å². The minimum atomic E-state index is 0.575. The van der Waals surface area contributed by atoms with E-state index in [2.05, 4.69) is 21.2 Å². The van der Waals surface area contributed by atoms with Crippen LogP contribution in [0.15, 0.2) is 42.9 Å². The maximum absolute atomic E-state index is 6.08. The fourth-order valence-corrected chi connectivity index (χ4v) is 2.46. The molecule has 0 aliphatic rings. The zero-order chi connectivity index (χ0) is 15.5. The lowest BCUT2D eigenvalue weighted by molar-refractivity contribution is 0.399. The zero-order valence-electron chi connectivity index (χ0n) is 12.3. The second-order valence-electron chi connectivity index (χ2n) is 4.92. The van der Waals surface area contributed by atoms with Crippen molar-refractivity contribution in [2.45, 2.75) is 13.5 Å². The second-order valence-corrected chi connectivity index (χ2v) is 5.35. The molecule has 0 atom stereocenters. The Balaban J connectivity index is 2.01. The summed E-state index contributed by atoms with van der Waals surface area (Å²) in [5.41, 5.74) is 2.92. The van der Waals surface area contributed by atoms with Crippen LogP contribution in [0.5, 0.6) is 5.88 Å². The number of halogens is 1. The van der Waals surface area contributed by atoms with Gasteiger partial charge >= 0.3 is 0 Å². The first-order valence-electron chi connectivity index (χ1n) is 6.80. The fourth-order valence-electron chi connectivity index (χ4n) is 2.27. The maximum atomic E-state index is 6.08. The van der Waals surface area contributed by atoms with E-state index < -0.39 is 0 Å². The van der Waals surface area contributed by atoms with Gasteiger partial charge in [0.2, 0.25) is 5.88 Å². The normalized spacial score (nSPS) is 10.7. The van der Waals surface area contributed by atoms with E-state index in [0.717, 1.165) is 22.5 Å². The number of methoxy groups -OCH3 is 1. The summed E-state index contributed by atoms with van der Waals surface area (Å²) in [6.07, 6.45) is 3.50. The van der Waals surface area contributed by atoms with E-state index in [9.17, 15) is 0 Å². The lowest BCUT2D eigenvalue weighted by Crippen LogP contribution is -2.02. The van der Waals surface area contributed by atoms with Crippen LogP contribution in [0.25, 0.3) is 11.1 Å². The number of aryl methyl sites for hydroxylation is 1. The van der Waals surface area contributed by atoms with E-state index in [0.29, 0.717) is 17.4 Å². The van der Waals surface area contributed by atoms with Crippen molar-refractivity contribution in [2.24, 2.45) is 0 Å². The largest absolute Gasteiger partial charge is 0.481 e. The molecular formula is C16H15ClN4O. The smallest absolute Gasteiger partial charge is 0.221 e. The molecule has 0 spiro atoms. The maximum Gasteiger partial charge on any atom is 0.221 e. The Labute approximate surface area is 133 Å². The van der Waals surface area contributed by atoms with Gasteiger partial charge in [-0.15, -0.1) is 10.2 Å². The number of rotatable bonds is 4. The highest BCUT2D eigenvalue weighted by Crippen LogP contribution is 2.30. The number of hydrogen-bond donors (Lipinski definition) is 0. The van der Waals surface area contributed by atoms with E-state index >= 15 is 0 Å². The van der Waals surface area contributed by atoms with Crippen molar-refractivity contribution in [2.75, 3.05) is 7.11 Å². The van der Waals surface area contributed by atoms with Gasteiger partial charge in [-0.3, -0.25) is 0 Å². The molecule has 1 aromatic carbocycles. The van der Waals surface area contributed by atoms with Crippen molar-refractivity contribution < 1.29 is 4.74 Å². The Morgan fingerprint density at radius 2 is 2.14 bits per heavy atom. The highest BCUT2D eigenvalue weighted by Gasteiger charge is 2.10. The Morgan fingerprint density at radius 1 is 1.27 bits per heavy atom. The molecule has 0 aliphatic carbocycles. The average molecular weight is 315 g/mol. The van der Waals surface area contributed by atoms with Crippen LogP contribution in [0.4, 0.5) is 0 Å². The van der Waals surface area contributed by atoms with Gasteiger partial charge in [-0.1, -0.05) is 23.7 Å². The summed E-state index contributed by atoms with van der Waals surface area (Å²) in [6, 6.07) is 9.69. The van der Waals surface area contributed by atoms with Crippen LogP contribution in [0.1, 0.15) is 11.4 Å². The monoisotopic (exact) mass is 314 g/mol. The first-order valence-corrected chi connectivity index (χ1v) is 7.18. The van der Waals surface area contributed by atoms with Gasteiger partial charge in [-0.25, -0.2) is 4.98 Å². The third-order valence-corrected chi connectivity index (χ3v) is 3.63. The van der Waals surface area contributed by atoms with E-state index in [1.165, 1.54) is 0 Å². The molecule has 6 heteroatoms. The Hall–Kier alpha value is -2.40. The molecular weight excluding hydrogens is 300 g/mol. The third-order valence-electron chi connectivity index (χ3n) is 3.40. The minimum absolute atomic E-state index is 0.575. The van der Waals surface area contributed by atoms with Crippen molar-refractivity contribution in [3.05, 3.63) is 59.3 Å². The van der Waals surface area contributed by atoms with Crippen molar-refractivity contribution in [1.82, 2.24) is 19.7 Å². The molecule has 2 aromatic heterocycles. The van der Waals surface area contributed by atoms with E-state index in [1.54, 1.807) is 19.6 Å². The molecule has 0 unspecified atom stereocenters. The SMILES string of the molecule is COc1ncc(Cn2cnnc2C)cc1-c1cccc(Cl)c1. The number of aromatic nitrogens is 4. The summed E-state index contributed by atoms with van der Waals surface area (Å²) in [5, 5.41) is 8.56. The Bertz CT molecular complexity index is 800. The number of benzene rings is 1. The quantitative estimate of drug-likeness (QED) is 0.741. The molecule has 0 saturated carbocycles. The molecule has 0 bridgehead atoms. The molecule has 112 valence electrons. The van der Waals surface area contributed by atoms with E-state index in [-0.39, 0.29) is 0 Å². The number of nitrogens with zero attached hydrogens (tertiary/aromatic N) is 4. The molecule has 5 nitrogen and oxygen atoms in total. The van der Waals surface area contributed by atoms with E-state index in [4.69, 9.17) is 16.3 Å². The first-order chi connectivity index (χ1) is 10.7. The van der Waals surface area contributed by atoms with Crippen LogP contribution in [-0.4, -0.2) is 26.9 Å². The first kappa shape index (κ1) is 14.5. The van der Waals surface area contributed by atoms with Crippen LogP contribution in [0, 0.1) is 6.92 Å². The van der Waals surface area contributed by atoms with Gasteiger partial charge in [0.05, 0.1) is 13.7 Å². The summed E-state index contributed by atoms with van der Waals surface area (Å²) in [7, 11) is 1.61. The summed E-state index contributed by atoms with van der Waals surface area (Å²) >= 11 is 6.08. The van der Waals surface area contributed by atoms with Gasteiger partial charge in [-0.05, 0) is 36.2 Å². The van der Waals surface area contributed by atoms with Crippen LogP contribution in [-0.2, 0) is 6.54 Å². The molecule has 0 fully saturated rings. The molecule has 3 rings (SSSR count). The predicted octanol–water partition coefficient (Wildman–Crippen LogP) is 3.36. The molecule has 0 aliphatic heterocycles. The van der Waals surface area contributed by atoms with Crippen molar-refractivity contribution in [1.29, 1.82) is 0 Å². The highest BCUT2D eigenvalue weighted by atomic mass is 35.5. The van der Waals surface area contributed by atoms with Crippen molar-refractivity contribution in [3.63, 3.8) is 0 Å². The second kappa shape index (κ2) is 6.15. The molecule has 22 heavy (non-hydrogen) atoms. The molecule has 0 N–H and O–H groups in total. The highest BCUT2D eigenvalue weighted by molar-refractivity contribution is 6.30. The molecule has 0 saturated heterocycles. The van der Waals surface area contributed by atoms with Gasteiger partial charge in [0, 0.05) is 16.8 Å². The van der Waals surface area contributed by atoms with Crippen LogP contribution in [0.2, 0.25) is 5.02 Å². The number of hydrogen-bond acceptors (Lipinski definition) is 4. The van der Waals surface area contributed by atoms with Gasteiger partial charge in [-0.2, -0.15) is 0 Å². The van der Waals surface area contributed by atoms with Crippen LogP contribution < -0.4 is 4.74 Å². The summed E-state index contributed by atoms with van der Waals surface area (Å²) in [6.45, 7) is 2.57. The standard InChI is InChI=1S/C16H15ClN4O/c1-11-20-19-10-21(11)9-12-6-15(16(22-2)18-8-12)13-4-3-5-14(17)7-13/h3-8,10H,9H2,1-2H3. The summed E-state index contributed by atoms with van der Waals surface area (Å²) in [4.78, 5) is 4.39. The topological polar surface area (TPSA) is 52.8 Å². The molecule has 0 radical (unpaired) electrons. The lowest BCUT2D eigenvalue weighted by atomic mass is 10.1. The minimum Gasteiger partial charge on any atom is -0.481 e. The van der Waals surface area contributed by atoms with Crippen LogP contribution in [0.3, 0.4) is 0 Å². The number of pyridine rings is 1. The van der Waals surface area contributed by atoms with Gasteiger partial charge in [0.25, 0.3) is 0 Å². The van der Waals surface area contributed by atoms with Crippen molar-refractivity contribution in [3.8, 4) is 17.0 Å². The van der Waals surface area contributed by atoms with Gasteiger partial charge in [0.1, 0.15) is 12.2 Å². The lowest BCUT2D eigenvalue weighted by Gasteiger charge is -2.11. The summed E-state index contributed by atoms with van der Waals surface area (Å²) < 4.78 is 7.33. The third kappa shape index (κ3) is 2.94. The zero-order valence-corrected chi connectivity index (χ0v) is 13.1. The summed E-state index contributed by atoms with van der Waals surface area (Å²) in [5.74, 6) is 1.44. The Kier molecular flexibility index (Phi) is 4.06. The predicted molar refractivity (Wildman–Crippen MR) is 85.1 cm³/mol. The molecule has 3 aromatic rings.